The lowest BCUT2D eigenvalue weighted by atomic mass is 10.1. The Hall–Kier alpha value is -1.03. The first-order valence-electron chi connectivity index (χ1n) is 6.49. The van der Waals surface area contributed by atoms with Crippen LogP contribution in [0.25, 0.3) is 0 Å². The number of hydrogen-bond acceptors (Lipinski definition) is 2. The van der Waals surface area contributed by atoms with Gasteiger partial charge in [0.2, 0.25) is 0 Å². The fourth-order valence-electron chi connectivity index (χ4n) is 2.06. The highest BCUT2D eigenvalue weighted by Crippen LogP contribution is 2.24. The summed E-state index contributed by atoms with van der Waals surface area (Å²) in [7, 11) is 4.00. The summed E-state index contributed by atoms with van der Waals surface area (Å²) in [5.74, 6) is 0. The Labute approximate surface area is 133 Å². The van der Waals surface area contributed by atoms with Crippen LogP contribution in [-0.4, -0.2) is 14.1 Å². The normalized spacial score (nSPS) is 10.6. The SMILES string of the molecule is CNCc1ccc(N(C)Cc2ccc(Br)cc2)cc1Cl. The van der Waals surface area contributed by atoms with Crippen LogP contribution in [0.15, 0.2) is 46.9 Å². The van der Waals surface area contributed by atoms with Crippen molar-refractivity contribution < 1.29 is 0 Å². The predicted molar refractivity (Wildman–Crippen MR) is 90.5 cm³/mol. The van der Waals surface area contributed by atoms with E-state index in [2.05, 4.69) is 69.6 Å². The van der Waals surface area contributed by atoms with E-state index in [4.69, 9.17) is 11.6 Å². The molecule has 0 saturated carbocycles. The van der Waals surface area contributed by atoms with Crippen molar-refractivity contribution in [2.45, 2.75) is 13.1 Å². The molecule has 0 aliphatic rings. The largest absolute Gasteiger partial charge is 0.370 e. The fourth-order valence-corrected chi connectivity index (χ4v) is 2.57. The van der Waals surface area contributed by atoms with Gasteiger partial charge in [-0.15, -0.1) is 0 Å². The third-order valence-corrected chi connectivity index (χ3v) is 4.06. The van der Waals surface area contributed by atoms with Gasteiger partial charge in [0.1, 0.15) is 0 Å². The van der Waals surface area contributed by atoms with Crippen molar-refractivity contribution in [3.8, 4) is 0 Å². The van der Waals surface area contributed by atoms with Gasteiger partial charge in [-0.05, 0) is 42.4 Å². The van der Waals surface area contributed by atoms with Gasteiger partial charge in [-0.2, -0.15) is 0 Å². The number of benzene rings is 2. The average Bonchev–Trinajstić information content (AvgIpc) is 2.44. The van der Waals surface area contributed by atoms with E-state index in [1.54, 1.807) is 0 Å². The lowest BCUT2D eigenvalue weighted by molar-refractivity contribution is 0.817. The summed E-state index contributed by atoms with van der Waals surface area (Å²) in [5.41, 5.74) is 3.51. The zero-order valence-corrected chi connectivity index (χ0v) is 14.0. The molecule has 0 aromatic heterocycles. The maximum atomic E-state index is 6.30. The molecule has 4 heteroatoms. The van der Waals surface area contributed by atoms with Gasteiger partial charge in [0.15, 0.2) is 0 Å². The quantitative estimate of drug-likeness (QED) is 0.854. The fraction of sp³-hybridized carbons (Fsp3) is 0.250. The molecule has 2 rings (SSSR count). The molecule has 0 saturated heterocycles. The second-order valence-corrected chi connectivity index (χ2v) is 6.11. The van der Waals surface area contributed by atoms with Crippen molar-refractivity contribution in [1.82, 2.24) is 5.32 Å². The summed E-state index contributed by atoms with van der Waals surface area (Å²) < 4.78 is 1.10. The molecule has 20 heavy (non-hydrogen) atoms. The van der Waals surface area contributed by atoms with Crippen molar-refractivity contribution in [1.29, 1.82) is 0 Å². The number of hydrogen-bond donors (Lipinski definition) is 1. The number of halogens is 2. The van der Waals surface area contributed by atoms with Crippen molar-refractivity contribution in [3.63, 3.8) is 0 Å². The van der Waals surface area contributed by atoms with Crippen LogP contribution in [0.4, 0.5) is 5.69 Å². The molecular formula is C16H18BrClN2. The van der Waals surface area contributed by atoms with Crippen molar-refractivity contribution in [2.24, 2.45) is 0 Å². The summed E-state index contributed by atoms with van der Waals surface area (Å²) in [5, 5.41) is 3.92. The molecule has 0 atom stereocenters. The molecule has 2 aromatic rings. The van der Waals surface area contributed by atoms with Crippen LogP contribution in [-0.2, 0) is 13.1 Å². The number of rotatable bonds is 5. The Morgan fingerprint density at radius 2 is 1.85 bits per heavy atom. The number of nitrogens with zero attached hydrogens (tertiary/aromatic N) is 1. The van der Waals surface area contributed by atoms with E-state index in [1.165, 1.54) is 5.56 Å². The summed E-state index contributed by atoms with van der Waals surface area (Å²) >= 11 is 9.75. The second kappa shape index (κ2) is 7.11. The molecule has 0 aliphatic carbocycles. The first-order chi connectivity index (χ1) is 9.60. The standard InChI is InChI=1S/C16H18BrClN2/c1-19-10-13-5-8-15(9-16(13)18)20(2)11-12-3-6-14(17)7-4-12/h3-9,19H,10-11H2,1-2H3. The van der Waals surface area contributed by atoms with Gasteiger partial charge in [0.25, 0.3) is 0 Å². The molecule has 0 spiro atoms. The van der Waals surface area contributed by atoms with E-state index in [0.717, 1.165) is 33.8 Å². The van der Waals surface area contributed by atoms with Gasteiger partial charge in [-0.25, -0.2) is 0 Å². The van der Waals surface area contributed by atoms with Crippen LogP contribution in [0.2, 0.25) is 5.02 Å². The highest BCUT2D eigenvalue weighted by molar-refractivity contribution is 9.10. The molecular weight excluding hydrogens is 336 g/mol. The number of nitrogens with one attached hydrogen (secondary N) is 1. The van der Waals surface area contributed by atoms with E-state index in [0.29, 0.717) is 0 Å². The van der Waals surface area contributed by atoms with E-state index < -0.39 is 0 Å². The minimum Gasteiger partial charge on any atom is -0.370 e. The molecule has 0 unspecified atom stereocenters. The predicted octanol–water partition coefficient (Wildman–Crippen LogP) is 4.46. The molecule has 0 bridgehead atoms. The monoisotopic (exact) mass is 352 g/mol. The second-order valence-electron chi connectivity index (χ2n) is 4.79. The highest BCUT2D eigenvalue weighted by atomic mass is 79.9. The van der Waals surface area contributed by atoms with Crippen LogP contribution in [0.5, 0.6) is 0 Å². The van der Waals surface area contributed by atoms with Crippen LogP contribution in [0.3, 0.4) is 0 Å². The first kappa shape index (κ1) is 15.4. The molecule has 0 radical (unpaired) electrons. The van der Waals surface area contributed by atoms with E-state index >= 15 is 0 Å². The van der Waals surface area contributed by atoms with Gasteiger partial charge >= 0.3 is 0 Å². The molecule has 1 N–H and O–H groups in total. The van der Waals surface area contributed by atoms with Gasteiger partial charge in [-0.1, -0.05) is 45.7 Å². The Morgan fingerprint density at radius 3 is 2.45 bits per heavy atom. The maximum Gasteiger partial charge on any atom is 0.0471 e. The summed E-state index contributed by atoms with van der Waals surface area (Å²) in [6.45, 7) is 1.64. The lowest BCUT2D eigenvalue weighted by Gasteiger charge is -2.20. The van der Waals surface area contributed by atoms with E-state index in [-0.39, 0.29) is 0 Å². The minimum absolute atomic E-state index is 0.787. The van der Waals surface area contributed by atoms with E-state index in [9.17, 15) is 0 Å². The van der Waals surface area contributed by atoms with E-state index in [1.807, 2.05) is 13.1 Å². The highest BCUT2D eigenvalue weighted by Gasteiger charge is 2.06. The van der Waals surface area contributed by atoms with Crippen LogP contribution >= 0.6 is 27.5 Å². The third kappa shape index (κ3) is 3.98. The van der Waals surface area contributed by atoms with Crippen molar-refractivity contribution >= 4 is 33.2 Å². The Morgan fingerprint density at radius 1 is 1.15 bits per heavy atom. The van der Waals surface area contributed by atoms with Gasteiger partial charge in [0, 0.05) is 35.3 Å². The molecule has 0 fully saturated rings. The topological polar surface area (TPSA) is 15.3 Å². The third-order valence-electron chi connectivity index (χ3n) is 3.18. The molecule has 0 amide bonds. The average molecular weight is 354 g/mol. The van der Waals surface area contributed by atoms with Gasteiger partial charge in [-0.3, -0.25) is 0 Å². The molecule has 0 heterocycles. The van der Waals surface area contributed by atoms with Gasteiger partial charge < -0.3 is 10.2 Å². The number of anilines is 1. The zero-order valence-electron chi connectivity index (χ0n) is 11.7. The molecule has 106 valence electrons. The lowest BCUT2D eigenvalue weighted by Crippen LogP contribution is -2.16. The van der Waals surface area contributed by atoms with Crippen LogP contribution in [0, 0.1) is 0 Å². The maximum absolute atomic E-state index is 6.30. The zero-order chi connectivity index (χ0) is 14.5. The summed E-state index contributed by atoms with van der Waals surface area (Å²) in [6, 6.07) is 14.6. The van der Waals surface area contributed by atoms with Crippen molar-refractivity contribution in [3.05, 3.63) is 63.1 Å². The Kier molecular flexibility index (Phi) is 5.46. The molecule has 2 aromatic carbocycles. The summed E-state index contributed by atoms with van der Waals surface area (Å²) in [6.07, 6.45) is 0. The Bertz CT molecular complexity index is 569. The summed E-state index contributed by atoms with van der Waals surface area (Å²) in [4.78, 5) is 2.19. The van der Waals surface area contributed by atoms with Crippen LogP contribution in [0.1, 0.15) is 11.1 Å². The van der Waals surface area contributed by atoms with Crippen LogP contribution < -0.4 is 10.2 Å². The van der Waals surface area contributed by atoms with Crippen molar-refractivity contribution in [2.75, 3.05) is 19.0 Å². The van der Waals surface area contributed by atoms with Gasteiger partial charge in [0.05, 0.1) is 0 Å². The smallest absolute Gasteiger partial charge is 0.0471 e. The molecule has 2 nitrogen and oxygen atoms in total. The molecule has 0 aliphatic heterocycles. The minimum atomic E-state index is 0.787. The Balaban J connectivity index is 2.10. The first-order valence-corrected chi connectivity index (χ1v) is 7.66.